The van der Waals surface area contributed by atoms with Crippen LogP contribution in [0.2, 0.25) is 0 Å². The summed E-state index contributed by atoms with van der Waals surface area (Å²) in [7, 11) is 0. The third kappa shape index (κ3) is 8.43. The monoisotopic (exact) mass is 666 g/mol. The molecule has 1 unspecified atom stereocenters. The van der Waals surface area contributed by atoms with Gasteiger partial charge in [0, 0.05) is 16.5 Å². The van der Waals surface area contributed by atoms with Gasteiger partial charge in [0.25, 0.3) is 5.91 Å². The summed E-state index contributed by atoms with van der Waals surface area (Å²) in [4.78, 5) is 38.2. The van der Waals surface area contributed by atoms with Crippen molar-refractivity contribution in [3.8, 4) is 22.6 Å². The molecule has 7 nitrogen and oxygen atoms in total. The molecule has 0 aliphatic rings. The molecule has 5 rings (SSSR count). The van der Waals surface area contributed by atoms with E-state index in [0.29, 0.717) is 27.1 Å². The molecule has 0 aliphatic heterocycles. The molecular formula is C36H28BrFN2O5. The SMILES string of the molecule is O=C(Cc1ccc(F)cc1)Nc1ccc(Br)cc1C(=O)NC(Cc1ccc(-c2ccccc2Oc2ccccc2)cc1)C(=O)O. The molecule has 0 aromatic heterocycles. The predicted molar refractivity (Wildman–Crippen MR) is 174 cm³/mol. The minimum Gasteiger partial charge on any atom is -0.480 e. The molecule has 0 radical (unpaired) electrons. The first kappa shape index (κ1) is 31.2. The highest BCUT2D eigenvalue weighted by molar-refractivity contribution is 9.10. The summed E-state index contributed by atoms with van der Waals surface area (Å²) >= 11 is 3.34. The number of amides is 2. The van der Waals surface area contributed by atoms with Crippen molar-refractivity contribution in [1.29, 1.82) is 0 Å². The number of carbonyl (C=O) groups is 3. The summed E-state index contributed by atoms with van der Waals surface area (Å²) in [5, 5.41) is 15.2. The fourth-order valence-corrected chi connectivity index (χ4v) is 5.06. The van der Waals surface area contributed by atoms with E-state index in [-0.39, 0.29) is 24.1 Å². The Labute approximate surface area is 267 Å². The zero-order valence-corrected chi connectivity index (χ0v) is 25.5. The number of rotatable bonds is 11. The zero-order chi connectivity index (χ0) is 31.8. The lowest BCUT2D eigenvalue weighted by Crippen LogP contribution is -2.42. The van der Waals surface area contributed by atoms with Crippen LogP contribution in [0, 0.1) is 5.82 Å². The number of ether oxygens (including phenoxy) is 1. The Morgan fingerprint density at radius 1 is 0.800 bits per heavy atom. The molecule has 0 fully saturated rings. The average Bonchev–Trinajstić information content (AvgIpc) is 3.04. The number of benzene rings is 5. The number of aliphatic carboxylic acids is 1. The van der Waals surface area contributed by atoms with Gasteiger partial charge in [-0.3, -0.25) is 9.59 Å². The Kier molecular flexibility index (Phi) is 10.0. The van der Waals surface area contributed by atoms with Crippen molar-refractivity contribution in [2.45, 2.75) is 18.9 Å². The lowest BCUT2D eigenvalue weighted by molar-refractivity contribution is -0.139. The molecule has 0 heterocycles. The third-order valence-corrected chi connectivity index (χ3v) is 7.44. The molecule has 5 aromatic rings. The number of carbonyl (C=O) groups excluding carboxylic acids is 2. The predicted octanol–water partition coefficient (Wildman–Crippen LogP) is 7.65. The molecule has 0 spiro atoms. The van der Waals surface area contributed by atoms with Gasteiger partial charge in [-0.05, 0) is 65.2 Å². The van der Waals surface area contributed by atoms with E-state index in [2.05, 4.69) is 26.6 Å². The second kappa shape index (κ2) is 14.5. The number of carboxylic acids is 1. The van der Waals surface area contributed by atoms with Gasteiger partial charge in [0.1, 0.15) is 23.4 Å². The van der Waals surface area contributed by atoms with Crippen LogP contribution in [-0.4, -0.2) is 28.9 Å². The summed E-state index contributed by atoms with van der Waals surface area (Å²) in [6.07, 6.45) is -0.00220. The first-order valence-corrected chi connectivity index (χ1v) is 14.8. The first-order chi connectivity index (χ1) is 21.7. The van der Waals surface area contributed by atoms with Gasteiger partial charge in [-0.25, -0.2) is 9.18 Å². The molecule has 45 heavy (non-hydrogen) atoms. The summed E-state index contributed by atoms with van der Waals surface area (Å²) in [6.45, 7) is 0. The van der Waals surface area contributed by atoms with Gasteiger partial charge in [-0.15, -0.1) is 0 Å². The number of para-hydroxylation sites is 2. The Bertz CT molecular complexity index is 1810. The molecule has 0 bridgehead atoms. The molecule has 2 amide bonds. The zero-order valence-electron chi connectivity index (χ0n) is 23.9. The molecule has 0 saturated heterocycles. The highest BCUT2D eigenvalue weighted by Gasteiger charge is 2.23. The van der Waals surface area contributed by atoms with Crippen LogP contribution in [-0.2, 0) is 22.4 Å². The number of hydrogen-bond donors (Lipinski definition) is 3. The van der Waals surface area contributed by atoms with E-state index in [1.54, 1.807) is 12.1 Å². The van der Waals surface area contributed by atoms with Crippen molar-refractivity contribution in [3.05, 3.63) is 148 Å². The molecule has 0 aliphatic carbocycles. The van der Waals surface area contributed by atoms with Crippen LogP contribution in [0.5, 0.6) is 11.5 Å². The van der Waals surface area contributed by atoms with Gasteiger partial charge < -0.3 is 20.5 Å². The van der Waals surface area contributed by atoms with Gasteiger partial charge in [-0.1, -0.05) is 88.7 Å². The van der Waals surface area contributed by atoms with Crippen LogP contribution in [0.25, 0.3) is 11.1 Å². The van der Waals surface area contributed by atoms with E-state index >= 15 is 0 Å². The first-order valence-electron chi connectivity index (χ1n) is 14.0. The van der Waals surface area contributed by atoms with Crippen molar-refractivity contribution >= 4 is 39.4 Å². The van der Waals surface area contributed by atoms with Crippen LogP contribution in [0.4, 0.5) is 10.1 Å². The number of hydrogen-bond acceptors (Lipinski definition) is 4. The molecule has 9 heteroatoms. The van der Waals surface area contributed by atoms with Crippen molar-refractivity contribution < 1.29 is 28.6 Å². The highest BCUT2D eigenvalue weighted by Crippen LogP contribution is 2.33. The van der Waals surface area contributed by atoms with Crippen molar-refractivity contribution in [3.63, 3.8) is 0 Å². The Morgan fingerprint density at radius 2 is 1.47 bits per heavy atom. The van der Waals surface area contributed by atoms with Gasteiger partial charge >= 0.3 is 5.97 Å². The average molecular weight is 668 g/mol. The standard InChI is InChI=1S/C36H28BrFN2O5/c37-26-16-19-31(39-34(41)21-24-12-17-27(38)18-13-24)30(22-26)35(42)40-32(36(43)44)20-23-10-14-25(15-11-23)29-8-4-5-9-33(29)45-28-6-2-1-3-7-28/h1-19,22,32H,20-21H2,(H,39,41)(H,40,42)(H,43,44). The maximum atomic E-state index is 13.3. The minimum absolute atomic E-state index is 0.0315. The second-order valence-electron chi connectivity index (χ2n) is 10.2. The Hall–Kier alpha value is -5.28. The second-order valence-corrected chi connectivity index (χ2v) is 11.1. The summed E-state index contributed by atoms with van der Waals surface area (Å²) in [6, 6.07) is 33.5. The third-order valence-electron chi connectivity index (χ3n) is 6.94. The minimum atomic E-state index is -1.24. The molecule has 0 saturated carbocycles. The maximum absolute atomic E-state index is 13.3. The van der Waals surface area contributed by atoms with Crippen LogP contribution in [0.1, 0.15) is 21.5 Å². The lowest BCUT2D eigenvalue weighted by Gasteiger charge is -2.17. The normalized spacial score (nSPS) is 11.3. The lowest BCUT2D eigenvalue weighted by atomic mass is 9.99. The van der Waals surface area contributed by atoms with Gasteiger partial charge in [0.2, 0.25) is 5.91 Å². The molecule has 3 N–H and O–H groups in total. The van der Waals surface area contributed by atoms with Crippen LogP contribution in [0.3, 0.4) is 0 Å². The van der Waals surface area contributed by atoms with Crippen molar-refractivity contribution in [2.75, 3.05) is 5.32 Å². The number of carboxylic acid groups (broad SMARTS) is 1. The fraction of sp³-hybridized carbons (Fsp3) is 0.0833. The van der Waals surface area contributed by atoms with Gasteiger partial charge in [0.15, 0.2) is 0 Å². The van der Waals surface area contributed by atoms with E-state index in [4.69, 9.17) is 4.74 Å². The fourth-order valence-electron chi connectivity index (χ4n) is 4.70. The van der Waals surface area contributed by atoms with E-state index in [1.807, 2.05) is 78.9 Å². The van der Waals surface area contributed by atoms with Crippen molar-refractivity contribution in [2.24, 2.45) is 0 Å². The largest absolute Gasteiger partial charge is 0.480 e. The highest BCUT2D eigenvalue weighted by atomic mass is 79.9. The summed E-state index contributed by atoms with van der Waals surface area (Å²) in [5.41, 5.74) is 3.37. The molecule has 5 aromatic carbocycles. The number of halogens is 2. The van der Waals surface area contributed by atoms with Crippen LogP contribution in [0.15, 0.2) is 126 Å². The van der Waals surface area contributed by atoms with Gasteiger partial charge in [0.05, 0.1) is 17.7 Å². The van der Waals surface area contributed by atoms with Crippen LogP contribution >= 0.6 is 15.9 Å². The maximum Gasteiger partial charge on any atom is 0.326 e. The van der Waals surface area contributed by atoms with E-state index < -0.39 is 29.6 Å². The van der Waals surface area contributed by atoms with E-state index in [0.717, 1.165) is 11.1 Å². The number of anilines is 1. The van der Waals surface area contributed by atoms with Crippen LogP contribution < -0.4 is 15.4 Å². The summed E-state index contributed by atoms with van der Waals surface area (Å²) in [5.74, 6) is -1.29. The quantitative estimate of drug-likeness (QED) is 0.134. The van der Waals surface area contributed by atoms with E-state index in [9.17, 15) is 23.9 Å². The molecular weight excluding hydrogens is 639 g/mol. The van der Waals surface area contributed by atoms with E-state index in [1.165, 1.54) is 30.3 Å². The summed E-state index contributed by atoms with van der Waals surface area (Å²) < 4.78 is 19.9. The van der Waals surface area contributed by atoms with Crippen molar-refractivity contribution in [1.82, 2.24) is 5.32 Å². The topological polar surface area (TPSA) is 105 Å². The number of nitrogens with one attached hydrogen (secondary N) is 2. The Balaban J connectivity index is 1.28. The molecule has 226 valence electrons. The molecule has 1 atom stereocenters. The Morgan fingerprint density at radius 3 is 2.18 bits per heavy atom. The van der Waals surface area contributed by atoms with Gasteiger partial charge in [-0.2, -0.15) is 0 Å². The smallest absolute Gasteiger partial charge is 0.326 e.